The van der Waals surface area contributed by atoms with Gasteiger partial charge in [-0.2, -0.15) is 0 Å². The minimum atomic E-state index is -0.341. The molecule has 0 atom stereocenters. The van der Waals surface area contributed by atoms with Crippen molar-refractivity contribution in [2.24, 2.45) is 0 Å². The maximum Gasteiger partial charge on any atom is 0.344 e. The normalized spacial score (nSPS) is 10.8. The standard InChI is InChI=1S/C31H24O2/c1-21-13-17-24(18-14-21)27-28(25-19-15-22(2)16-20-25)30(26-11-7-4-8-12-26)33-31(32)29(27)23-9-5-3-6-10-23/h3-20H,1-2H3. The summed E-state index contributed by atoms with van der Waals surface area (Å²) in [7, 11) is 0. The Balaban J connectivity index is 1.96. The highest BCUT2D eigenvalue weighted by atomic mass is 16.4. The van der Waals surface area contributed by atoms with Crippen LogP contribution < -0.4 is 5.63 Å². The molecule has 2 heteroatoms. The zero-order chi connectivity index (χ0) is 22.8. The summed E-state index contributed by atoms with van der Waals surface area (Å²) >= 11 is 0. The average molecular weight is 429 g/mol. The van der Waals surface area contributed by atoms with Crippen molar-refractivity contribution in [3.63, 3.8) is 0 Å². The number of hydrogen-bond donors (Lipinski definition) is 0. The number of aryl methyl sites for hydroxylation is 2. The van der Waals surface area contributed by atoms with Gasteiger partial charge < -0.3 is 4.42 Å². The molecule has 0 saturated carbocycles. The van der Waals surface area contributed by atoms with Crippen molar-refractivity contribution in [3.8, 4) is 44.7 Å². The Morgan fingerprint density at radius 1 is 0.455 bits per heavy atom. The van der Waals surface area contributed by atoms with Crippen molar-refractivity contribution < 1.29 is 4.42 Å². The Morgan fingerprint density at radius 2 is 0.879 bits per heavy atom. The Bertz CT molecular complexity index is 1440. The van der Waals surface area contributed by atoms with Crippen LogP contribution in [0.2, 0.25) is 0 Å². The van der Waals surface area contributed by atoms with Crippen molar-refractivity contribution in [1.29, 1.82) is 0 Å². The predicted octanol–water partition coefficient (Wildman–Crippen LogP) is 7.92. The number of benzene rings is 4. The molecule has 5 aromatic rings. The molecule has 0 spiro atoms. The fourth-order valence-corrected chi connectivity index (χ4v) is 4.20. The summed E-state index contributed by atoms with van der Waals surface area (Å²) in [4.78, 5) is 13.5. The first-order chi connectivity index (χ1) is 16.1. The van der Waals surface area contributed by atoms with Crippen LogP contribution in [0.3, 0.4) is 0 Å². The largest absolute Gasteiger partial charge is 0.422 e. The van der Waals surface area contributed by atoms with E-state index in [0.717, 1.165) is 33.4 Å². The van der Waals surface area contributed by atoms with Crippen LogP contribution in [0.1, 0.15) is 11.1 Å². The average Bonchev–Trinajstić information content (AvgIpc) is 2.86. The van der Waals surface area contributed by atoms with Gasteiger partial charge in [0, 0.05) is 16.7 Å². The van der Waals surface area contributed by atoms with E-state index in [1.807, 2.05) is 60.7 Å². The van der Waals surface area contributed by atoms with Crippen molar-refractivity contribution in [2.45, 2.75) is 13.8 Å². The smallest absolute Gasteiger partial charge is 0.344 e. The molecule has 0 aliphatic rings. The number of rotatable bonds is 4. The summed E-state index contributed by atoms with van der Waals surface area (Å²) in [5.41, 5.74) is 8.11. The predicted molar refractivity (Wildman–Crippen MR) is 136 cm³/mol. The molecule has 0 N–H and O–H groups in total. The van der Waals surface area contributed by atoms with Crippen LogP contribution in [-0.4, -0.2) is 0 Å². The minimum Gasteiger partial charge on any atom is -0.422 e. The fraction of sp³-hybridized carbons (Fsp3) is 0.0645. The van der Waals surface area contributed by atoms with E-state index in [-0.39, 0.29) is 5.63 Å². The molecular formula is C31H24O2. The fourth-order valence-electron chi connectivity index (χ4n) is 4.20. The van der Waals surface area contributed by atoms with E-state index >= 15 is 0 Å². The van der Waals surface area contributed by atoms with Gasteiger partial charge in [0.2, 0.25) is 0 Å². The maximum absolute atomic E-state index is 13.5. The minimum absolute atomic E-state index is 0.341. The van der Waals surface area contributed by atoms with Gasteiger partial charge in [0.15, 0.2) is 0 Å². The third-order valence-electron chi connectivity index (χ3n) is 5.90. The molecule has 0 fully saturated rings. The second kappa shape index (κ2) is 8.76. The van der Waals surface area contributed by atoms with Crippen molar-refractivity contribution in [1.82, 2.24) is 0 Å². The lowest BCUT2D eigenvalue weighted by atomic mass is 9.86. The van der Waals surface area contributed by atoms with Crippen LogP contribution >= 0.6 is 0 Å². The second-order valence-electron chi connectivity index (χ2n) is 8.31. The maximum atomic E-state index is 13.5. The van der Waals surface area contributed by atoms with E-state index in [2.05, 4.69) is 62.4 Å². The first-order valence-corrected chi connectivity index (χ1v) is 11.1. The molecule has 1 heterocycles. The van der Waals surface area contributed by atoms with E-state index in [1.54, 1.807) is 0 Å². The Kier molecular flexibility index (Phi) is 5.50. The number of hydrogen-bond acceptors (Lipinski definition) is 2. The first kappa shape index (κ1) is 20.7. The molecule has 0 aliphatic heterocycles. The lowest BCUT2D eigenvalue weighted by Gasteiger charge is -2.19. The molecule has 4 aromatic carbocycles. The molecule has 0 aliphatic carbocycles. The van der Waals surface area contributed by atoms with E-state index in [0.29, 0.717) is 11.3 Å². The summed E-state index contributed by atoms with van der Waals surface area (Å²) < 4.78 is 6.09. The highest BCUT2D eigenvalue weighted by molar-refractivity contribution is 5.99. The van der Waals surface area contributed by atoms with Gasteiger partial charge in [0.05, 0.1) is 5.56 Å². The molecule has 160 valence electrons. The van der Waals surface area contributed by atoms with Crippen LogP contribution in [0, 0.1) is 13.8 Å². The van der Waals surface area contributed by atoms with Crippen molar-refractivity contribution >= 4 is 0 Å². The Morgan fingerprint density at radius 3 is 1.39 bits per heavy atom. The zero-order valence-electron chi connectivity index (χ0n) is 18.7. The third kappa shape index (κ3) is 4.04. The van der Waals surface area contributed by atoms with E-state index in [9.17, 15) is 4.79 Å². The summed E-state index contributed by atoms with van der Waals surface area (Å²) in [6.45, 7) is 4.14. The monoisotopic (exact) mass is 428 g/mol. The lowest BCUT2D eigenvalue weighted by molar-refractivity contribution is 0.530. The summed E-state index contributed by atoms with van der Waals surface area (Å²) in [5, 5.41) is 0. The molecule has 33 heavy (non-hydrogen) atoms. The first-order valence-electron chi connectivity index (χ1n) is 11.1. The molecule has 0 bridgehead atoms. The molecule has 5 rings (SSSR count). The van der Waals surface area contributed by atoms with Gasteiger partial charge in [0.1, 0.15) is 5.76 Å². The third-order valence-corrected chi connectivity index (χ3v) is 5.90. The van der Waals surface area contributed by atoms with Gasteiger partial charge in [-0.25, -0.2) is 4.79 Å². The summed E-state index contributed by atoms with van der Waals surface area (Å²) in [6.07, 6.45) is 0. The Hall–Kier alpha value is -4.17. The van der Waals surface area contributed by atoms with E-state index < -0.39 is 0 Å². The molecule has 2 nitrogen and oxygen atoms in total. The molecule has 0 saturated heterocycles. The summed E-state index contributed by atoms with van der Waals surface area (Å²) in [5.74, 6) is 0.583. The van der Waals surface area contributed by atoms with E-state index in [1.165, 1.54) is 11.1 Å². The quantitative estimate of drug-likeness (QED) is 0.291. The van der Waals surface area contributed by atoms with Crippen LogP contribution in [0.15, 0.2) is 118 Å². The molecular weight excluding hydrogens is 404 g/mol. The van der Waals surface area contributed by atoms with Crippen LogP contribution in [0.5, 0.6) is 0 Å². The van der Waals surface area contributed by atoms with Crippen molar-refractivity contribution in [3.05, 3.63) is 131 Å². The van der Waals surface area contributed by atoms with Crippen molar-refractivity contribution in [2.75, 3.05) is 0 Å². The molecule has 0 amide bonds. The Labute approximate surface area is 193 Å². The van der Waals surface area contributed by atoms with Gasteiger partial charge in [-0.05, 0) is 30.5 Å². The highest BCUT2D eigenvalue weighted by Crippen LogP contribution is 2.43. The van der Waals surface area contributed by atoms with Gasteiger partial charge in [-0.15, -0.1) is 0 Å². The summed E-state index contributed by atoms with van der Waals surface area (Å²) in [6, 6.07) is 36.4. The van der Waals surface area contributed by atoms with Crippen LogP contribution in [0.25, 0.3) is 44.7 Å². The van der Waals surface area contributed by atoms with Gasteiger partial charge >= 0.3 is 5.63 Å². The molecule has 0 radical (unpaired) electrons. The lowest BCUT2D eigenvalue weighted by Crippen LogP contribution is -2.09. The second-order valence-corrected chi connectivity index (χ2v) is 8.31. The molecule has 1 aromatic heterocycles. The zero-order valence-corrected chi connectivity index (χ0v) is 18.7. The molecule has 0 unspecified atom stereocenters. The SMILES string of the molecule is Cc1ccc(-c2c(-c3ccccc3)oc(=O)c(-c3ccccc3)c2-c2ccc(C)cc2)cc1. The topological polar surface area (TPSA) is 30.2 Å². The van der Waals surface area contributed by atoms with Gasteiger partial charge in [-0.1, -0.05) is 120 Å². The van der Waals surface area contributed by atoms with Crippen LogP contribution in [0.4, 0.5) is 0 Å². The highest BCUT2D eigenvalue weighted by Gasteiger charge is 2.24. The van der Waals surface area contributed by atoms with E-state index in [4.69, 9.17) is 4.42 Å². The van der Waals surface area contributed by atoms with Crippen LogP contribution in [-0.2, 0) is 0 Å². The van der Waals surface area contributed by atoms with Gasteiger partial charge in [-0.3, -0.25) is 0 Å². The van der Waals surface area contributed by atoms with Gasteiger partial charge in [0.25, 0.3) is 0 Å².